The van der Waals surface area contributed by atoms with Gasteiger partial charge in [-0.3, -0.25) is 0 Å². The summed E-state index contributed by atoms with van der Waals surface area (Å²) in [5, 5.41) is 0. The van der Waals surface area contributed by atoms with E-state index in [9.17, 15) is 0 Å². The molecule has 1 aliphatic rings. The van der Waals surface area contributed by atoms with Gasteiger partial charge in [-0.2, -0.15) is 0 Å². The molecule has 1 atom stereocenters. The van der Waals surface area contributed by atoms with Crippen molar-refractivity contribution in [1.29, 1.82) is 0 Å². The van der Waals surface area contributed by atoms with Gasteiger partial charge in [0.1, 0.15) is 6.10 Å². The highest BCUT2D eigenvalue weighted by atomic mass is 16.7. The number of rotatable bonds is 5. The summed E-state index contributed by atoms with van der Waals surface area (Å²) in [4.78, 5) is 0. The van der Waals surface area contributed by atoms with Crippen LogP contribution < -0.4 is 0 Å². The molecule has 0 unspecified atom stereocenters. The van der Waals surface area contributed by atoms with Gasteiger partial charge >= 0.3 is 0 Å². The van der Waals surface area contributed by atoms with Crippen LogP contribution in [0, 0.1) is 12.3 Å². The van der Waals surface area contributed by atoms with Gasteiger partial charge in [0.2, 0.25) is 0 Å². The van der Waals surface area contributed by atoms with E-state index in [2.05, 4.69) is 12.5 Å². The molecular formula is C12H18O3. The molecule has 3 nitrogen and oxygen atoms in total. The summed E-state index contributed by atoms with van der Waals surface area (Å²) >= 11 is 0. The summed E-state index contributed by atoms with van der Waals surface area (Å²) in [5.74, 6) is 2.04. The summed E-state index contributed by atoms with van der Waals surface area (Å²) in [7, 11) is 0. The van der Waals surface area contributed by atoms with E-state index in [1.54, 1.807) is 0 Å². The lowest BCUT2D eigenvalue weighted by atomic mass is 10.2. The van der Waals surface area contributed by atoms with Crippen LogP contribution in [0.4, 0.5) is 0 Å². The van der Waals surface area contributed by atoms with Crippen LogP contribution in [0.2, 0.25) is 0 Å². The van der Waals surface area contributed by atoms with Crippen LogP contribution in [0.5, 0.6) is 0 Å². The van der Waals surface area contributed by atoms with E-state index in [0.29, 0.717) is 26.2 Å². The Morgan fingerprint density at radius 2 is 2.40 bits per heavy atom. The maximum Gasteiger partial charge on any atom is 0.163 e. The minimum Gasteiger partial charge on any atom is -0.374 e. The van der Waals surface area contributed by atoms with Crippen LogP contribution in [0.15, 0.2) is 12.2 Å². The Labute approximate surface area is 91.4 Å². The third kappa shape index (κ3) is 4.48. The summed E-state index contributed by atoms with van der Waals surface area (Å²) < 4.78 is 16.4. The molecule has 1 heterocycles. The third-order valence-electron chi connectivity index (χ3n) is 2.03. The van der Waals surface area contributed by atoms with Gasteiger partial charge in [-0.15, -0.1) is 12.3 Å². The highest BCUT2D eigenvalue weighted by Crippen LogP contribution is 2.22. The number of hydrogen-bond donors (Lipinski definition) is 0. The Kier molecular flexibility index (Phi) is 4.34. The normalized spacial score (nSPS) is 23.7. The van der Waals surface area contributed by atoms with E-state index >= 15 is 0 Å². The molecule has 0 amide bonds. The Balaban J connectivity index is 2.12. The average molecular weight is 210 g/mol. The monoisotopic (exact) mass is 210 g/mol. The van der Waals surface area contributed by atoms with Gasteiger partial charge in [-0.25, -0.2) is 0 Å². The SMILES string of the molecule is C#CCC(=C)COC[C@@H]1COC(C)(C)O1. The lowest BCUT2D eigenvalue weighted by molar-refractivity contribution is -0.144. The molecule has 1 saturated heterocycles. The van der Waals surface area contributed by atoms with Crippen LogP contribution in [0.1, 0.15) is 20.3 Å². The first-order valence-corrected chi connectivity index (χ1v) is 5.03. The maximum atomic E-state index is 5.57. The Bertz CT molecular complexity index is 263. The highest BCUT2D eigenvalue weighted by Gasteiger charge is 2.32. The van der Waals surface area contributed by atoms with Crippen LogP contribution in [-0.2, 0) is 14.2 Å². The Morgan fingerprint density at radius 1 is 1.67 bits per heavy atom. The number of terminal acetylenes is 1. The summed E-state index contributed by atoms with van der Waals surface area (Å²) in [6, 6.07) is 0. The fourth-order valence-corrected chi connectivity index (χ4v) is 1.38. The minimum absolute atomic E-state index is 0.0126. The van der Waals surface area contributed by atoms with Crippen molar-refractivity contribution in [3.8, 4) is 12.3 Å². The highest BCUT2D eigenvalue weighted by molar-refractivity contribution is 5.05. The van der Waals surface area contributed by atoms with Gasteiger partial charge in [-0.1, -0.05) is 6.58 Å². The molecule has 3 heteroatoms. The molecule has 0 spiro atoms. The second kappa shape index (κ2) is 5.32. The van der Waals surface area contributed by atoms with Crippen LogP contribution in [0.25, 0.3) is 0 Å². The molecule has 0 bridgehead atoms. The lowest BCUT2D eigenvalue weighted by Crippen LogP contribution is -2.24. The summed E-state index contributed by atoms with van der Waals surface area (Å²) in [6.45, 7) is 9.17. The standard InChI is InChI=1S/C12H18O3/c1-5-6-10(2)7-13-8-11-9-14-12(3,4)15-11/h1,11H,2,6-9H2,3-4H3/t11-/m1/s1. The Morgan fingerprint density at radius 3 is 2.93 bits per heavy atom. The van der Waals surface area contributed by atoms with E-state index < -0.39 is 5.79 Å². The zero-order chi connectivity index (χ0) is 11.3. The topological polar surface area (TPSA) is 27.7 Å². The Hall–Kier alpha value is -0.820. The van der Waals surface area contributed by atoms with Gasteiger partial charge < -0.3 is 14.2 Å². The van der Waals surface area contributed by atoms with Crippen molar-refractivity contribution in [2.24, 2.45) is 0 Å². The second-order valence-corrected chi connectivity index (χ2v) is 4.10. The molecule has 0 aromatic rings. The van der Waals surface area contributed by atoms with Crippen LogP contribution in [-0.4, -0.2) is 31.7 Å². The predicted molar refractivity (Wildman–Crippen MR) is 58.3 cm³/mol. The minimum atomic E-state index is -0.482. The van der Waals surface area contributed by atoms with E-state index in [1.807, 2.05) is 13.8 Å². The second-order valence-electron chi connectivity index (χ2n) is 4.10. The van der Waals surface area contributed by atoms with Crippen molar-refractivity contribution >= 4 is 0 Å². The third-order valence-corrected chi connectivity index (χ3v) is 2.03. The predicted octanol–water partition coefficient (Wildman–Crippen LogP) is 1.73. The molecule has 15 heavy (non-hydrogen) atoms. The molecule has 0 aliphatic carbocycles. The number of hydrogen-bond acceptors (Lipinski definition) is 3. The zero-order valence-electron chi connectivity index (χ0n) is 9.41. The summed E-state index contributed by atoms with van der Waals surface area (Å²) in [6.07, 6.45) is 5.72. The number of ether oxygens (including phenoxy) is 3. The summed E-state index contributed by atoms with van der Waals surface area (Å²) in [5.41, 5.74) is 0.913. The molecule has 0 saturated carbocycles. The van der Waals surface area contributed by atoms with Gasteiger partial charge in [0.05, 0.1) is 19.8 Å². The zero-order valence-corrected chi connectivity index (χ0v) is 9.41. The van der Waals surface area contributed by atoms with Crippen molar-refractivity contribution in [2.45, 2.75) is 32.2 Å². The first-order chi connectivity index (χ1) is 7.03. The molecule has 1 rings (SSSR count). The van der Waals surface area contributed by atoms with E-state index in [0.717, 1.165) is 5.57 Å². The van der Waals surface area contributed by atoms with E-state index in [1.165, 1.54) is 0 Å². The first kappa shape index (κ1) is 12.3. The quantitative estimate of drug-likeness (QED) is 0.511. The molecule has 1 fully saturated rings. The van der Waals surface area contributed by atoms with Crippen LogP contribution in [0.3, 0.4) is 0 Å². The van der Waals surface area contributed by atoms with Crippen LogP contribution >= 0.6 is 0 Å². The van der Waals surface area contributed by atoms with E-state index in [4.69, 9.17) is 20.6 Å². The van der Waals surface area contributed by atoms with E-state index in [-0.39, 0.29) is 6.10 Å². The fraction of sp³-hybridized carbons (Fsp3) is 0.667. The lowest BCUT2D eigenvalue weighted by Gasteiger charge is -2.17. The fourth-order valence-electron chi connectivity index (χ4n) is 1.38. The van der Waals surface area contributed by atoms with Crippen molar-refractivity contribution in [2.75, 3.05) is 19.8 Å². The smallest absolute Gasteiger partial charge is 0.163 e. The molecular weight excluding hydrogens is 192 g/mol. The van der Waals surface area contributed by atoms with Crippen molar-refractivity contribution in [3.63, 3.8) is 0 Å². The van der Waals surface area contributed by atoms with Crippen molar-refractivity contribution in [1.82, 2.24) is 0 Å². The largest absolute Gasteiger partial charge is 0.374 e. The molecule has 84 valence electrons. The van der Waals surface area contributed by atoms with Gasteiger partial charge in [-0.05, 0) is 19.4 Å². The molecule has 0 N–H and O–H groups in total. The molecule has 0 aromatic heterocycles. The van der Waals surface area contributed by atoms with Gasteiger partial charge in [0.25, 0.3) is 0 Å². The first-order valence-electron chi connectivity index (χ1n) is 5.03. The molecule has 1 aliphatic heterocycles. The average Bonchev–Trinajstić information content (AvgIpc) is 2.46. The van der Waals surface area contributed by atoms with Crippen molar-refractivity contribution < 1.29 is 14.2 Å². The molecule has 0 radical (unpaired) electrons. The van der Waals surface area contributed by atoms with Crippen molar-refractivity contribution in [3.05, 3.63) is 12.2 Å². The van der Waals surface area contributed by atoms with Gasteiger partial charge in [0, 0.05) is 6.42 Å². The van der Waals surface area contributed by atoms with Gasteiger partial charge in [0.15, 0.2) is 5.79 Å². The maximum absolute atomic E-state index is 5.57. The molecule has 0 aromatic carbocycles.